The molecule has 1 N–H and O–H groups in total. The summed E-state index contributed by atoms with van der Waals surface area (Å²) in [5.74, 6) is -0.423. The Hall–Kier alpha value is -1.71. The van der Waals surface area contributed by atoms with Gasteiger partial charge in [-0.25, -0.2) is 0 Å². The predicted octanol–water partition coefficient (Wildman–Crippen LogP) is 2.53. The average molecular weight is 238 g/mol. The third-order valence-electron chi connectivity index (χ3n) is 2.70. The van der Waals surface area contributed by atoms with Crippen molar-refractivity contribution in [3.8, 4) is 11.5 Å². The smallest absolute Gasteiger partial charge is 0.311 e. The van der Waals surface area contributed by atoms with Gasteiger partial charge in [-0.1, -0.05) is 26.0 Å². The second-order valence-electron chi connectivity index (χ2n) is 4.14. The molecular weight excluding hydrogens is 220 g/mol. The molecule has 1 aromatic rings. The molecule has 0 amide bonds. The molecule has 1 atom stereocenters. The van der Waals surface area contributed by atoms with Crippen LogP contribution in [0.25, 0.3) is 0 Å². The molecule has 0 aliphatic carbocycles. The zero-order chi connectivity index (χ0) is 13.0. The summed E-state index contributed by atoms with van der Waals surface area (Å²) in [5.41, 5.74) is 0.648. The number of ether oxygens (including phenoxy) is 2. The number of benzene rings is 1. The fourth-order valence-electron chi connectivity index (χ4n) is 1.93. The Kier molecular flexibility index (Phi) is 4.37. The Labute approximate surface area is 101 Å². The molecule has 17 heavy (non-hydrogen) atoms. The molecule has 1 rings (SSSR count). The van der Waals surface area contributed by atoms with E-state index in [-0.39, 0.29) is 5.92 Å². The van der Waals surface area contributed by atoms with Crippen LogP contribution in [0.3, 0.4) is 0 Å². The van der Waals surface area contributed by atoms with Crippen molar-refractivity contribution in [3.05, 3.63) is 23.8 Å². The van der Waals surface area contributed by atoms with Crippen molar-refractivity contribution < 1.29 is 19.4 Å². The first-order valence-corrected chi connectivity index (χ1v) is 5.46. The molecule has 0 saturated heterocycles. The number of aliphatic carboxylic acids is 1. The number of carboxylic acids is 1. The lowest BCUT2D eigenvalue weighted by molar-refractivity contribution is -0.139. The van der Waals surface area contributed by atoms with Gasteiger partial charge in [0.25, 0.3) is 0 Å². The normalized spacial score (nSPS) is 12.3. The SMILES string of the molecule is COc1cccc(C(C(=O)O)C(C)C)c1OC. The highest BCUT2D eigenvalue weighted by Gasteiger charge is 2.28. The van der Waals surface area contributed by atoms with Crippen molar-refractivity contribution in [1.82, 2.24) is 0 Å². The fraction of sp³-hybridized carbons (Fsp3) is 0.462. The molecule has 0 spiro atoms. The van der Waals surface area contributed by atoms with E-state index in [1.165, 1.54) is 14.2 Å². The third kappa shape index (κ3) is 2.70. The maximum Gasteiger partial charge on any atom is 0.311 e. The maximum absolute atomic E-state index is 11.3. The standard InChI is InChI=1S/C13H18O4/c1-8(2)11(13(14)15)9-6-5-7-10(16-3)12(9)17-4/h5-8,11H,1-4H3,(H,14,15). The van der Waals surface area contributed by atoms with Crippen LogP contribution in [0.5, 0.6) is 11.5 Å². The molecule has 4 nitrogen and oxygen atoms in total. The Morgan fingerprint density at radius 1 is 1.24 bits per heavy atom. The minimum Gasteiger partial charge on any atom is -0.493 e. The number of carboxylic acid groups (broad SMARTS) is 1. The first kappa shape index (κ1) is 13.4. The monoisotopic (exact) mass is 238 g/mol. The van der Waals surface area contributed by atoms with Gasteiger partial charge in [0.1, 0.15) is 0 Å². The molecule has 0 bridgehead atoms. The first-order chi connectivity index (χ1) is 8.02. The molecule has 4 heteroatoms. The van der Waals surface area contributed by atoms with Crippen LogP contribution >= 0.6 is 0 Å². The lowest BCUT2D eigenvalue weighted by Gasteiger charge is -2.20. The Morgan fingerprint density at radius 2 is 1.88 bits per heavy atom. The summed E-state index contributed by atoms with van der Waals surface area (Å²) in [6, 6.07) is 5.29. The number of para-hydroxylation sites is 1. The van der Waals surface area contributed by atoms with Gasteiger partial charge in [-0.15, -0.1) is 0 Å². The van der Waals surface area contributed by atoms with E-state index in [0.717, 1.165) is 0 Å². The molecule has 0 aliphatic rings. The molecular formula is C13H18O4. The lowest BCUT2D eigenvalue weighted by Crippen LogP contribution is -2.18. The second-order valence-corrected chi connectivity index (χ2v) is 4.14. The van der Waals surface area contributed by atoms with E-state index in [2.05, 4.69) is 0 Å². The molecule has 1 aromatic carbocycles. The quantitative estimate of drug-likeness (QED) is 0.856. The highest BCUT2D eigenvalue weighted by molar-refractivity contribution is 5.78. The van der Waals surface area contributed by atoms with Crippen LogP contribution in [0.2, 0.25) is 0 Å². The van der Waals surface area contributed by atoms with Crippen molar-refractivity contribution in [2.24, 2.45) is 5.92 Å². The average Bonchev–Trinajstić information content (AvgIpc) is 2.27. The van der Waals surface area contributed by atoms with E-state index in [0.29, 0.717) is 17.1 Å². The molecule has 94 valence electrons. The van der Waals surface area contributed by atoms with Gasteiger partial charge >= 0.3 is 5.97 Å². The van der Waals surface area contributed by atoms with Crippen molar-refractivity contribution >= 4 is 5.97 Å². The van der Waals surface area contributed by atoms with Crippen LogP contribution in [0.4, 0.5) is 0 Å². The summed E-state index contributed by atoms with van der Waals surface area (Å²) in [7, 11) is 3.05. The molecule has 0 fully saturated rings. The summed E-state index contributed by atoms with van der Waals surface area (Å²) in [4.78, 5) is 11.3. The zero-order valence-electron chi connectivity index (χ0n) is 10.6. The van der Waals surface area contributed by atoms with Gasteiger partial charge in [-0.05, 0) is 12.0 Å². The molecule has 0 saturated carbocycles. The molecule has 0 radical (unpaired) electrons. The maximum atomic E-state index is 11.3. The Balaban J connectivity index is 3.32. The molecule has 0 aliphatic heterocycles. The van der Waals surface area contributed by atoms with Crippen molar-refractivity contribution in [1.29, 1.82) is 0 Å². The van der Waals surface area contributed by atoms with E-state index in [4.69, 9.17) is 9.47 Å². The number of hydrogen-bond donors (Lipinski definition) is 1. The summed E-state index contributed by atoms with van der Waals surface area (Å²) in [6.45, 7) is 3.75. The number of hydrogen-bond acceptors (Lipinski definition) is 3. The summed E-state index contributed by atoms with van der Waals surface area (Å²) in [5, 5.41) is 9.28. The Bertz CT molecular complexity index is 398. The van der Waals surface area contributed by atoms with Gasteiger partial charge in [0.2, 0.25) is 0 Å². The van der Waals surface area contributed by atoms with Gasteiger partial charge in [0.05, 0.1) is 20.1 Å². The largest absolute Gasteiger partial charge is 0.493 e. The number of methoxy groups -OCH3 is 2. The number of rotatable bonds is 5. The van der Waals surface area contributed by atoms with Crippen LogP contribution in [0, 0.1) is 5.92 Å². The molecule has 0 aromatic heterocycles. The van der Waals surface area contributed by atoms with E-state index < -0.39 is 11.9 Å². The summed E-state index contributed by atoms with van der Waals surface area (Å²) >= 11 is 0. The first-order valence-electron chi connectivity index (χ1n) is 5.46. The second kappa shape index (κ2) is 5.57. The molecule has 1 unspecified atom stereocenters. The van der Waals surface area contributed by atoms with Crippen LogP contribution in [-0.2, 0) is 4.79 Å². The Morgan fingerprint density at radius 3 is 2.29 bits per heavy atom. The van der Waals surface area contributed by atoms with E-state index in [1.807, 2.05) is 13.8 Å². The lowest BCUT2D eigenvalue weighted by atomic mass is 9.88. The van der Waals surface area contributed by atoms with Crippen molar-refractivity contribution in [2.45, 2.75) is 19.8 Å². The van der Waals surface area contributed by atoms with Crippen LogP contribution in [-0.4, -0.2) is 25.3 Å². The zero-order valence-corrected chi connectivity index (χ0v) is 10.6. The highest BCUT2D eigenvalue weighted by Crippen LogP contribution is 2.38. The van der Waals surface area contributed by atoms with E-state index in [1.54, 1.807) is 18.2 Å². The van der Waals surface area contributed by atoms with E-state index in [9.17, 15) is 9.90 Å². The summed E-state index contributed by atoms with van der Waals surface area (Å²) in [6.07, 6.45) is 0. The van der Waals surface area contributed by atoms with Crippen molar-refractivity contribution in [2.75, 3.05) is 14.2 Å². The predicted molar refractivity (Wildman–Crippen MR) is 64.8 cm³/mol. The summed E-state index contributed by atoms with van der Waals surface area (Å²) < 4.78 is 10.4. The third-order valence-corrected chi connectivity index (χ3v) is 2.70. The van der Waals surface area contributed by atoms with Gasteiger partial charge in [-0.3, -0.25) is 4.79 Å². The van der Waals surface area contributed by atoms with Gasteiger partial charge in [0.15, 0.2) is 11.5 Å². The van der Waals surface area contributed by atoms with Crippen LogP contribution < -0.4 is 9.47 Å². The van der Waals surface area contributed by atoms with Crippen LogP contribution in [0.1, 0.15) is 25.3 Å². The van der Waals surface area contributed by atoms with Gasteiger partial charge < -0.3 is 14.6 Å². The van der Waals surface area contributed by atoms with Crippen molar-refractivity contribution in [3.63, 3.8) is 0 Å². The van der Waals surface area contributed by atoms with Gasteiger partial charge in [-0.2, -0.15) is 0 Å². The van der Waals surface area contributed by atoms with Crippen LogP contribution in [0.15, 0.2) is 18.2 Å². The van der Waals surface area contributed by atoms with Gasteiger partial charge in [0, 0.05) is 5.56 Å². The molecule has 0 heterocycles. The highest BCUT2D eigenvalue weighted by atomic mass is 16.5. The minimum absolute atomic E-state index is 0.0199. The number of carbonyl (C=O) groups is 1. The topological polar surface area (TPSA) is 55.8 Å². The fourth-order valence-corrected chi connectivity index (χ4v) is 1.93. The van der Waals surface area contributed by atoms with E-state index >= 15 is 0 Å². The minimum atomic E-state index is -0.855.